The van der Waals surface area contributed by atoms with Gasteiger partial charge in [0.15, 0.2) is 0 Å². The van der Waals surface area contributed by atoms with Gasteiger partial charge in [0, 0.05) is 8.80 Å². The van der Waals surface area contributed by atoms with Gasteiger partial charge in [0.05, 0.1) is 5.75 Å². The van der Waals surface area contributed by atoms with Crippen molar-refractivity contribution in [2.24, 2.45) is 0 Å². The van der Waals surface area contributed by atoms with E-state index in [2.05, 4.69) is 87.7 Å². The summed E-state index contributed by atoms with van der Waals surface area (Å²) < 4.78 is 4.98. The molecule has 1 aromatic rings. The van der Waals surface area contributed by atoms with Crippen LogP contribution in [0.2, 0.25) is 18.1 Å². The number of benzene rings is 1. The van der Waals surface area contributed by atoms with Crippen molar-refractivity contribution in [2.45, 2.75) is 78.9 Å². The third kappa shape index (κ3) is 7.07. The van der Waals surface area contributed by atoms with Gasteiger partial charge < -0.3 is 12.2 Å². The predicted octanol–water partition coefficient (Wildman–Crippen LogP) is 7.51. The predicted molar refractivity (Wildman–Crippen MR) is 119 cm³/mol. The Morgan fingerprint density at radius 3 is 1.85 bits per heavy atom. The van der Waals surface area contributed by atoms with Gasteiger partial charge in [0.25, 0.3) is 0 Å². The molecule has 1 aliphatic rings. The fourth-order valence-electron chi connectivity index (χ4n) is 2.98. The molecule has 1 aliphatic carbocycles. The van der Waals surface area contributed by atoms with Crippen LogP contribution in [0.1, 0.15) is 59.6 Å². The Balaban J connectivity index is 0. The van der Waals surface area contributed by atoms with Gasteiger partial charge in [-0.05, 0) is 35.6 Å². The molecule has 2 radical (unpaired) electrons. The van der Waals surface area contributed by atoms with Crippen LogP contribution in [0.5, 0.6) is 5.75 Å². The van der Waals surface area contributed by atoms with E-state index in [1.165, 1.54) is 22.3 Å². The van der Waals surface area contributed by atoms with E-state index in [0.717, 1.165) is 5.75 Å². The molecule has 0 bridgehead atoms. The van der Waals surface area contributed by atoms with E-state index >= 15 is 0 Å². The van der Waals surface area contributed by atoms with E-state index in [-0.39, 0.29) is 43.4 Å². The van der Waals surface area contributed by atoms with Crippen LogP contribution < -0.4 is 4.74 Å². The number of ether oxygens (including phenoxy) is 1. The van der Waals surface area contributed by atoms with Gasteiger partial charge in [-0.2, -0.15) is 18.3 Å². The normalized spacial score (nSPS) is 18.9. The average molecular weight is 419 g/mol. The molecule has 0 saturated carbocycles. The summed E-state index contributed by atoms with van der Waals surface area (Å²) in [4.78, 5) is 0. The van der Waals surface area contributed by atoms with Crippen molar-refractivity contribution in [3.05, 3.63) is 66.7 Å². The molecule has 3 heteroatoms. The van der Waals surface area contributed by atoms with Gasteiger partial charge in [-0.1, -0.05) is 65.7 Å². The molecule has 0 heterocycles. The molecule has 1 aromatic carbocycles. The Morgan fingerprint density at radius 2 is 1.56 bits per heavy atom. The van der Waals surface area contributed by atoms with E-state index in [4.69, 9.17) is 4.74 Å². The van der Waals surface area contributed by atoms with Crippen LogP contribution in [0.4, 0.5) is 0 Å². The monoisotopic (exact) mass is 418 g/mol. The van der Waals surface area contributed by atoms with Crippen LogP contribution in [0.15, 0.2) is 34.9 Å². The second-order valence-corrected chi connectivity index (χ2v) is 11.6. The molecule has 0 fully saturated rings. The summed E-state index contributed by atoms with van der Waals surface area (Å²) in [5, 5.41) is 0.291. The summed E-state index contributed by atoms with van der Waals surface area (Å²) in [7, 11) is 3.11. The maximum Gasteiger partial charge on any atom is 3.00 e. The summed E-state index contributed by atoms with van der Waals surface area (Å²) in [6.45, 7) is 22.4. The van der Waals surface area contributed by atoms with Gasteiger partial charge >= 0.3 is 21.7 Å². The van der Waals surface area contributed by atoms with Crippen molar-refractivity contribution < 1.29 is 26.5 Å². The van der Waals surface area contributed by atoms with Crippen LogP contribution in [0, 0.1) is 27.5 Å². The largest absolute Gasteiger partial charge is 3.00 e. The van der Waals surface area contributed by atoms with Crippen LogP contribution >= 0.6 is 0 Å². The van der Waals surface area contributed by atoms with Gasteiger partial charge in [0.1, 0.15) is 0 Å². The zero-order valence-corrected chi connectivity index (χ0v) is 21.9. The molecule has 1 unspecified atom stereocenters. The summed E-state index contributed by atoms with van der Waals surface area (Å²) in [6, 6.07) is 6.21. The fourth-order valence-corrected chi connectivity index (χ4v) is 4.36. The van der Waals surface area contributed by atoms with Gasteiger partial charge in [0.2, 0.25) is 0 Å². The first-order chi connectivity index (χ1) is 11.3. The van der Waals surface area contributed by atoms with Crippen LogP contribution in [0.3, 0.4) is 0 Å². The first-order valence-corrected chi connectivity index (χ1v) is 11.5. The van der Waals surface area contributed by atoms with E-state index in [9.17, 15) is 0 Å². The Labute approximate surface area is 186 Å². The summed E-state index contributed by atoms with van der Waals surface area (Å²) in [5.74, 6) is 0.838. The summed E-state index contributed by atoms with van der Waals surface area (Å²) in [5.41, 5.74) is 7.03. The Bertz CT molecular complexity index is 680. The molecular formula is C24H38OSiTi. The standard InChI is InChI=1S/C12H17O.C11H18Si.CH3.Ti/c1-9-6-10(12(2,3)4)8-11(7-9)13-5;1-8-7-11(4,12(5)6)10(3)9(8)2;;/h6-8H,5H2,1-4H3;1-6H3;1H3;/q3*-1;+3. The molecule has 1 atom stereocenters. The van der Waals surface area contributed by atoms with Crippen LogP contribution in [0.25, 0.3) is 0 Å². The van der Waals surface area contributed by atoms with E-state index in [1.54, 1.807) is 5.57 Å². The topological polar surface area (TPSA) is 9.23 Å². The number of hydrogen-bond acceptors (Lipinski definition) is 1. The first kappa shape index (κ1) is 28.6. The minimum absolute atomic E-state index is 0. The van der Waals surface area contributed by atoms with E-state index in [0.29, 0.717) is 5.04 Å². The SMILES string of the molecule is CC1=[C-]C(C)([Si](C)C)C(C)=C1C.[CH2-]Oc1cc(C)cc(C(C)(C)C)c1.[CH3-].[Ti+3]. The van der Waals surface area contributed by atoms with Crippen molar-refractivity contribution in [3.63, 3.8) is 0 Å². The van der Waals surface area contributed by atoms with Crippen molar-refractivity contribution in [3.8, 4) is 5.75 Å². The Kier molecular flexibility index (Phi) is 11.5. The second-order valence-electron chi connectivity index (χ2n) is 8.55. The van der Waals surface area contributed by atoms with Crippen molar-refractivity contribution in [1.29, 1.82) is 0 Å². The molecule has 0 spiro atoms. The minimum atomic E-state index is -0.314. The molecule has 0 saturated heterocycles. The van der Waals surface area contributed by atoms with Gasteiger partial charge in [-0.3, -0.25) is 6.08 Å². The molecule has 0 N–H and O–H groups in total. The molecule has 2 rings (SSSR count). The maximum absolute atomic E-state index is 4.98. The molecule has 0 amide bonds. The number of aryl methyl sites for hydroxylation is 1. The first-order valence-electron chi connectivity index (χ1n) is 8.97. The summed E-state index contributed by atoms with van der Waals surface area (Å²) in [6.07, 6.45) is 3.62. The van der Waals surface area contributed by atoms with Crippen molar-refractivity contribution in [2.75, 3.05) is 0 Å². The Morgan fingerprint density at radius 1 is 1.04 bits per heavy atom. The van der Waals surface area contributed by atoms with Crippen LogP contribution in [-0.2, 0) is 27.1 Å². The minimum Gasteiger partial charge on any atom is -0.665 e. The number of hydrogen-bond donors (Lipinski definition) is 0. The zero-order chi connectivity index (χ0) is 19.6. The van der Waals surface area contributed by atoms with Gasteiger partial charge in [-0.15, -0.1) is 6.92 Å². The molecular weight excluding hydrogens is 380 g/mol. The number of rotatable bonds is 2. The molecule has 27 heavy (non-hydrogen) atoms. The van der Waals surface area contributed by atoms with Crippen molar-refractivity contribution in [1.82, 2.24) is 0 Å². The fraction of sp³-hybridized carbons (Fsp3) is 0.500. The molecule has 0 aromatic heterocycles. The quantitative estimate of drug-likeness (QED) is 0.357. The smallest absolute Gasteiger partial charge is 0.665 e. The molecule has 0 aliphatic heterocycles. The summed E-state index contributed by atoms with van der Waals surface area (Å²) >= 11 is 0. The average Bonchev–Trinajstić information content (AvgIpc) is 2.71. The maximum atomic E-state index is 4.98. The molecule has 1 nitrogen and oxygen atoms in total. The number of allylic oxidation sites excluding steroid dienone is 4. The Hall–Kier alpha value is -0.569. The third-order valence-corrected chi connectivity index (χ3v) is 7.90. The van der Waals surface area contributed by atoms with Gasteiger partial charge in [-0.25, -0.2) is 5.57 Å². The molecule has 148 valence electrons. The van der Waals surface area contributed by atoms with Crippen molar-refractivity contribution >= 4 is 8.80 Å². The van der Waals surface area contributed by atoms with Crippen LogP contribution in [-0.4, -0.2) is 8.80 Å². The third-order valence-electron chi connectivity index (χ3n) is 5.40. The zero-order valence-electron chi connectivity index (χ0n) is 19.3. The second kappa shape index (κ2) is 10.8. The van der Waals surface area contributed by atoms with E-state index in [1.807, 2.05) is 12.1 Å². The van der Waals surface area contributed by atoms with E-state index < -0.39 is 0 Å².